The molecule has 0 unspecified atom stereocenters. The molecular formula is C23H21N5O5. The van der Waals surface area contributed by atoms with Gasteiger partial charge in [-0.25, -0.2) is 9.97 Å². The van der Waals surface area contributed by atoms with Crippen molar-refractivity contribution in [1.29, 1.82) is 5.26 Å². The number of ether oxygens (including phenoxy) is 3. The van der Waals surface area contributed by atoms with Gasteiger partial charge in [0.15, 0.2) is 12.1 Å². The third-order valence-electron chi connectivity index (χ3n) is 5.64. The Morgan fingerprint density at radius 2 is 2.18 bits per heavy atom. The number of benzene rings is 1. The first-order valence-corrected chi connectivity index (χ1v) is 10.5. The van der Waals surface area contributed by atoms with E-state index in [-0.39, 0.29) is 17.9 Å². The second-order valence-corrected chi connectivity index (χ2v) is 7.65. The van der Waals surface area contributed by atoms with Crippen molar-refractivity contribution in [3.05, 3.63) is 54.4 Å². The van der Waals surface area contributed by atoms with E-state index in [2.05, 4.69) is 16.0 Å². The summed E-state index contributed by atoms with van der Waals surface area (Å²) in [4.78, 5) is 24.4. The summed E-state index contributed by atoms with van der Waals surface area (Å²) in [7, 11) is 1.49. The molecule has 1 atom stereocenters. The van der Waals surface area contributed by atoms with E-state index in [0.717, 1.165) is 23.5 Å². The van der Waals surface area contributed by atoms with Gasteiger partial charge in [0.1, 0.15) is 42.1 Å². The van der Waals surface area contributed by atoms with Gasteiger partial charge in [-0.15, -0.1) is 0 Å². The van der Waals surface area contributed by atoms with Crippen LogP contribution in [0.2, 0.25) is 0 Å². The zero-order chi connectivity index (χ0) is 22.8. The highest BCUT2D eigenvalue weighted by atomic mass is 16.5. The van der Waals surface area contributed by atoms with Crippen molar-refractivity contribution in [3.63, 3.8) is 0 Å². The Bertz CT molecular complexity index is 1210. The van der Waals surface area contributed by atoms with E-state index >= 15 is 0 Å². The molecule has 1 aromatic carbocycles. The third-order valence-corrected chi connectivity index (χ3v) is 5.64. The molecule has 0 N–H and O–H groups in total. The molecule has 2 aromatic heterocycles. The van der Waals surface area contributed by atoms with E-state index < -0.39 is 0 Å². The van der Waals surface area contributed by atoms with Crippen LogP contribution in [0.25, 0.3) is 0 Å². The van der Waals surface area contributed by atoms with Crippen LogP contribution in [0.4, 0.5) is 11.4 Å². The van der Waals surface area contributed by atoms with Gasteiger partial charge in [0.25, 0.3) is 5.91 Å². The molecule has 0 radical (unpaired) electrons. The zero-order valence-corrected chi connectivity index (χ0v) is 17.9. The minimum atomic E-state index is -0.167. The normalized spacial score (nSPS) is 17.2. The fourth-order valence-electron chi connectivity index (χ4n) is 4.05. The number of carbonyl (C=O) groups is 1. The quantitative estimate of drug-likeness (QED) is 0.582. The molecule has 5 rings (SSSR count). The fraction of sp³-hybridized carbons (Fsp3) is 0.304. The second-order valence-electron chi connectivity index (χ2n) is 7.65. The van der Waals surface area contributed by atoms with Crippen LogP contribution in [0.1, 0.15) is 22.5 Å². The lowest BCUT2D eigenvalue weighted by molar-refractivity contribution is 0.0766. The molecule has 3 aromatic rings. The highest BCUT2D eigenvalue weighted by Crippen LogP contribution is 2.40. The zero-order valence-electron chi connectivity index (χ0n) is 17.9. The van der Waals surface area contributed by atoms with Crippen LogP contribution in [-0.2, 0) is 0 Å². The van der Waals surface area contributed by atoms with Gasteiger partial charge in [-0.3, -0.25) is 4.79 Å². The van der Waals surface area contributed by atoms with Gasteiger partial charge in [-0.05, 0) is 18.2 Å². The largest absolute Gasteiger partial charge is 0.490 e. The van der Waals surface area contributed by atoms with Crippen LogP contribution in [0, 0.1) is 11.3 Å². The first-order valence-electron chi connectivity index (χ1n) is 10.5. The predicted octanol–water partition coefficient (Wildman–Crippen LogP) is 2.77. The topological polar surface area (TPSA) is 114 Å². The van der Waals surface area contributed by atoms with E-state index in [1.54, 1.807) is 17.2 Å². The monoisotopic (exact) mass is 447 g/mol. The minimum Gasteiger partial charge on any atom is -0.490 e. The summed E-state index contributed by atoms with van der Waals surface area (Å²) >= 11 is 0. The van der Waals surface area contributed by atoms with Crippen LogP contribution >= 0.6 is 0 Å². The Labute approximate surface area is 189 Å². The lowest BCUT2D eigenvalue weighted by atomic mass is 10.2. The van der Waals surface area contributed by atoms with Crippen molar-refractivity contribution in [1.82, 2.24) is 14.9 Å². The summed E-state index contributed by atoms with van der Waals surface area (Å²) in [5.74, 6) is 1.52. The number of amides is 1. The number of rotatable bonds is 5. The first kappa shape index (κ1) is 20.6. The van der Waals surface area contributed by atoms with Crippen LogP contribution in [0.3, 0.4) is 0 Å². The van der Waals surface area contributed by atoms with Crippen molar-refractivity contribution < 1.29 is 23.4 Å². The molecule has 10 heteroatoms. The summed E-state index contributed by atoms with van der Waals surface area (Å²) in [6, 6.07) is 9.50. The molecule has 2 aliphatic rings. The highest BCUT2D eigenvalue weighted by molar-refractivity contribution is 5.92. The fourth-order valence-corrected chi connectivity index (χ4v) is 4.05. The summed E-state index contributed by atoms with van der Waals surface area (Å²) in [5.41, 5.74) is 2.24. The molecule has 33 heavy (non-hydrogen) atoms. The molecule has 0 aliphatic carbocycles. The molecule has 1 saturated heterocycles. The maximum Gasteiger partial charge on any atom is 0.275 e. The summed E-state index contributed by atoms with van der Waals surface area (Å²) in [6.07, 6.45) is 4.85. The van der Waals surface area contributed by atoms with Gasteiger partial charge < -0.3 is 28.4 Å². The minimum absolute atomic E-state index is 0.135. The molecule has 0 saturated carbocycles. The first-order chi connectivity index (χ1) is 16.2. The van der Waals surface area contributed by atoms with Gasteiger partial charge in [0.2, 0.25) is 5.88 Å². The number of methoxy groups -OCH3 is 1. The standard InChI is InChI=1S/C23H21N5O5/c1-30-22-15(10-24)8-16(11-25-22)28-6-7-32-21-3-2-17(9-20(21)28)33-18-4-5-27(12-18)23(29)19-13-31-14-26-19/h2-3,8-9,11,13-14,18H,4-7,12H2,1H3/t18-/m0/s1. The lowest BCUT2D eigenvalue weighted by Gasteiger charge is -2.31. The number of oxazole rings is 1. The predicted molar refractivity (Wildman–Crippen MR) is 116 cm³/mol. The Hall–Kier alpha value is -4.26. The van der Waals surface area contributed by atoms with Gasteiger partial charge in [0.05, 0.1) is 37.8 Å². The number of nitrogens with zero attached hydrogens (tertiary/aromatic N) is 5. The molecule has 4 heterocycles. The number of likely N-dealkylation sites (tertiary alicyclic amines) is 1. The molecule has 1 fully saturated rings. The number of carbonyl (C=O) groups excluding carboxylic acids is 1. The lowest BCUT2D eigenvalue weighted by Crippen LogP contribution is -2.31. The Morgan fingerprint density at radius 1 is 1.27 bits per heavy atom. The molecule has 2 aliphatic heterocycles. The molecule has 0 spiro atoms. The van der Waals surface area contributed by atoms with E-state index in [4.69, 9.17) is 18.6 Å². The van der Waals surface area contributed by atoms with E-state index in [1.165, 1.54) is 19.8 Å². The maximum atomic E-state index is 12.5. The van der Waals surface area contributed by atoms with Gasteiger partial charge in [0, 0.05) is 19.0 Å². The smallest absolute Gasteiger partial charge is 0.275 e. The number of hydrogen-bond donors (Lipinski definition) is 0. The molecule has 0 bridgehead atoms. The number of nitriles is 1. The molecular weight excluding hydrogens is 426 g/mol. The second kappa shape index (κ2) is 8.70. The number of anilines is 2. The maximum absolute atomic E-state index is 12.5. The van der Waals surface area contributed by atoms with E-state index in [0.29, 0.717) is 43.2 Å². The van der Waals surface area contributed by atoms with Gasteiger partial charge >= 0.3 is 0 Å². The average molecular weight is 447 g/mol. The van der Waals surface area contributed by atoms with E-state index in [9.17, 15) is 10.1 Å². The van der Waals surface area contributed by atoms with Crippen molar-refractivity contribution >= 4 is 17.3 Å². The van der Waals surface area contributed by atoms with Crippen LogP contribution < -0.4 is 19.1 Å². The molecule has 168 valence electrons. The third kappa shape index (κ3) is 4.01. The Morgan fingerprint density at radius 3 is 2.97 bits per heavy atom. The van der Waals surface area contributed by atoms with Crippen LogP contribution in [0.5, 0.6) is 17.4 Å². The average Bonchev–Trinajstić information content (AvgIpc) is 3.55. The van der Waals surface area contributed by atoms with Crippen molar-refractivity contribution in [2.45, 2.75) is 12.5 Å². The van der Waals surface area contributed by atoms with Crippen LogP contribution in [-0.4, -0.2) is 60.2 Å². The van der Waals surface area contributed by atoms with Crippen molar-refractivity contribution in [2.24, 2.45) is 0 Å². The van der Waals surface area contributed by atoms with Crippen molar-refractivity contribution in [3.8, 4) is 23.4 Å². The Kier molecular flexibility index (Phi) is 5.44. The van der Waals surface area contributed by atoms with Crippen LogP contribution in [0.15, 0.2) is 47.5 Å². The number of hydrogen-bond acceptors (Lipinski definition) is 9. The molecule has 1 amide bonds. The SMILES string of the molecule is COc1ncc(N2CCOc3ccc(O[C@H]4CCN(C(=O)c5cocn5)C4)cc32)cc1C#N. The van der Waals surface area contributed by atoms with Gasteiger partial charge in [-0.1, -0.05) is 0 Å². The number of fused-ring (bicyclic) bond motifs is 1. The summed E-state index contributed by atoms with van der Waals surface area (Å²) < 4.78 is 22.1. The molecule has 10 nitrogen and oxygen atoms in total. The summed E-state index contributed by atoms with van der Waals surface area (Å²) in [6.45, 7) is 2.16. The van der Waals surface area contributed by atoms with Gasteiger partial charge in [-0.2, -0.15) is 5.26 Å². The number of aromatic nitrogens is 2. The number of pyridine rings is 1. The Balaban J connectivity index is 1.34. The summed E-state index contributed by atoms with van der Waals surface area (Å²) in [5, 5.41) is 9.42. The van der Waals surface area contributed by atoms with E-state index in [1.807, 2.05) is 23.1 Å². The van der Waals surface area contributed by atoms with Crippen molar-refractivity contribution in [2.75, 3.05) is 38.3 Å². The highest BCUT2D eigenvalue weighted by Gasteiger charge is 2.30.